The lowest BCUT2D eigenvalue weighted by molar-refractivity contribution is -0.139. The van der Waals surface area contributed by atoms with Gasteiger partial charge in [0.05, 0.1) is 13.7 Å². The van der Waals surface area contributed by atoms with Crippen molar-refractivity contribution < 1.29 is 14.3 Å². The summed E-state index contributed by atoms with van der Waals surface area (Å²) in [7, 11) is 1.32. The molecule has 96 valence electrons. The SMILES string of the molecule is COC(=O)CNC1C(=O)Nc2c(C)cc(C)cc21. The van der Waals surface area contributed by atoms with E-state index in [1.54, 1.807) is 0 Å². The Morgan fingerprint density at radius 3 is 2.83 bits per heavy atom. The molecule has 1 aliphatic rings. The monoisotopic (exact) mass is 248 g/mol. The van der Waals surface area contributed by atoms with Crippen molar-refractivity contribution in [3.8, 4) is 0 Å². The molecule has 1 atom stereocenters. The van der Waals surface area contributed by atoms with Crippen LogP contribution in [0.5, 0.6) is 0 Å². The predicted octanol–water partition coefficient (Wildman–Crippen LogP) is 1.06. The Morgan fingerprint density at radius 2 is 2.17 bits per heavy atom. The number of esters is 1. The summed E-state index contributed by atoms with van der Waals surface area (Å²) in [5.74, 6) is -0.525. The van der Waals surface area contributed by atoms with Crippen LogP contribution in [0.3, 0.4) is 0 Å². The maximum Gasteiger partial charge on any atom is 0.319 e. The number of nitrogens with one attached hydrogen (secondary N) is 2. The summed E-state index contributed by atoms with van der Waals surface area (Å²) in [6, 6.07) is 3.48. The van der Waals surface area contributed by atoms with E-state index in [0.717, 1.165) is 22.4 Å². The number of amides is 1. The van der Waals surface area contributed by atoms with Crippen molar-refractivity contribution in [1.29, 1.82) is 0 Å². The van der Waals surface area contributed by atoms with Gasteiger partial charge in [0.15, 0.2) is 0 Å². The Balaban J connectivity index is 2.24. The van der Waals surface area contributed by atoms with Crippen LogP contribution in [-0.2, 0) is 14.3 Å². The van der Waals surface area contributed by atoms with Gasteiger partial charge in [-0.25, -0.2) is 0 Å². The van der Waals surface area contributed by atoms with Crippen LogP contribution in [-0.4, -0.2) is 25.5 Å². The van der Waals surface area contributed by atoms with Gasteiger partial charge in [0.2, 0.25) is 5.91 Å². The van der Waals surface area contributed by atoms with Crippen LogP contribution in [0.25, 0.3) is 0 Å². The van der Waals surface area contributed by atoms with Crippen molar-refractivity contribution in [1.82, 2.24) is 5.32 Å². The molecule has 18 heavy (non-hydrogen) atoms. The van der Waals surface area contributed by atoms with Crippen molar-refractivity contribution >= 4 is 17.6 Å². The zero-order valence-electron chi connectivity index (χ0n) is 10.7. The minimum atomic E-state index is -0.488. The van der Waals surface area contributed by atoms with Crippen LogP contribution >= 0.6 is 0 Å². The first-order valence-electron chi connectivity index (χ1n) is 5.75. The molecular weight excluding hydrogens is 232 g/mol. The van der Waals surface area contributed by atoms with Crippen LogP contribution in [0.1, 0.15) is 22.7 Å². The molecule has 0 bridgehead atoms. The van der Waals surface area contributed by atoms with E-state index in [-0.39, 0.29) is 18.4 Å². The third-order valence-electron chi connectivity index (χ3n) is 3.01. The second-order valence-corrected chi connectivity index (χ2v) is 4.43. The first-order chi connectivity index (χ1) is 8.52. The zero-order valence-corrected chi connectivity index (χ0v) is 10.7. The van der Waals surface area contributed by atoms with Crippen molar-refractivity contribution in [2.24, 2.45) is 0 Å². The third kappa shape index (κ3) is 2.22. The molecule has 2 N–H and O–H groups in total. The van der Waals surface area contributed by atoms with Gasteiger partial charge < -0.3 is 10.1 Å². The highest BCUT2D eigenvalue weighted by molar-refractivity contribution is 6.03. The molecule has 0 saturated carbocycles. The number of fused-ring (bicyclic) bond motifs is 1. The summed E-state index contributed by atoms with van der Waals surface area (Å²) in [5.41, 5.74) is 3.85. The lowest BCUT2D eigenvalue weighted by Crippen LogP contribution is -2.32. The minimum Gasteiger partial charge on any atom is -0.468 e. The smallest absolute Gasteiger partial charge is 0.319 e. The first-order valence-corrected chi connectivity index (χ1v) is 5.75. The Morgan fingerprint density at radius 1 is 1.44 bits per heavy atom. The quantitative estimate of drug-likeness (QED) is 0.785. The number of rotatable bonds is 3. The van der Waals surface area contributed by atoms with Gasteiger partial charge in [-0.2, -0.15) is 0 Å². The van der Waals surface area contributed by atoms with Gasteiger partial charge in [0.1, 0.15) is 6.04 Å². The maximum atomic E-state index is 11.9. The molecule has 5 heteroatoms. The number of carbonyl (C=O) groups excluding carboxylic acids is 2. The summed E-state index contributed by atoms with van der Waals surface area (Å²) in [4.78, 5) is 23.0. The largest absolute Gasteiger partial charge is 0.468 e. The lowest BCUT2D eigenvalue weighted by Gasteiger charge is -2.11. The molecule has 0 aromatic heterocycles. The molecular formula is C13H16N2O3. The number of carbonyl (C=O) groups is 2. The molecule has 1 aliphatic heterocycles. The van der Waals surface area contributed by atoms with Gasteiger partial charge in [-0.1, -0.05) is 17.7 Å². The number of aryl methyl sites for hydroxylation is 2. The van der Waals surface area contributed by atoms with Gasteiger partial charge in [0, 0.05) is 11.3 Å². The number of hydrogen-bond donors (Lipinski definition) is 2. The second kappa shape index (κ2) is 4.78. The fourth-order valence-electron chi connectivity index (χ4n) is 2.20. The number of methoxy groups -OCH3 is 1. The second-order valence-electron chi connectivity index (χ2n) is 4.43. The van der Waals surface area contributed by atoms with Crippen molar-refractivity contribution in [2.75, 3.05) is 19.0 Å². The van der Waals surface area contributed by atoms with Crippen molar-refractivity contribution in [2.45, 2.75) is 19.9 Å². The fourth-order valence-corrected chi connectivity index (χ4v) is 2.20. The standard InChI is InChI=1S/C13H16N2O3/c1-7-4-8(2)11-9(5-7)12(13(17)15-11)14-6-10(16)18-3/h4-5,12,14H,6H2,1-3H3,(H,15,17). The normalized spacial score (nSPS) is 17.3. The summed E-state index contributed by atoms with van der Waals surface area (Å²) >= 11 is 0. The summed E-state index contributed by atoms with van der Waals surface area (Å²) in [6.45, 7) is 3.95. The van der Waals surface area contributed by atoms with E-state index in [0.29, 0.717) is 0 Å². The van der Waals surface area contributed by atoms with E-state index in [2.05, 4.69) is 15.4 Å². The molecule has 1 unspecified atom stereocenters. The van der Waals surface area contributed by atoms with Gasteiger partial charge in [-0.3, -0.25) is 14.9 Å². The third-order valence-corrected chi connectivity index (χ3v) is 3.01. The minimum absolute atomic E-state index is 0.0149. The van der Waals surface area contributed by atoms with Crippen molar-refractivity contribution in [3.63, 3.8) is 0 Å². The van der Waals surface area contributed by atoms with Gasteiger partial charge in [0.25, 0.3) is 0 Å². The lowest BCUT2D eigenvalue weighted by atomic mass is 10.0. The molecule has 0 aliphatic carbocycles. The number of anilines is 1. The van der Waals surface area contributed by atoms with Crippen molar-refractivity contribution in [3.05, 3.63) is 28.8 Å². The molecule has 1 aromatic carbocycles. The summed E-state index contributed by atoms with van der Waals surface area (Å²) < 4.78 is 4.55. The molecule has 2 rings (SSSR count). The fraction of sp³-hybridized carbons (Fsp3) is 0.385. The zero-order chi connectivity index (χ0) is 13.3. The van der Waals surface area contributed by atoms with Crippen LogP contribution in [0.2, 0.25) is 0 Å². The highest BCUT2D eigenvalue weighted by Gasteiger charge is 2.31. The molecule has 1 amide bonds. The highest BCUT2D eigenvalue weighted by atomic mass is 16.5. The van der Waals surface area contributed by atoms with Gasteiger partial charge in [-0.15, -0.1) is 0 Å². The number of benzene rings is 1. The topological polar surface area (TPSA) is 67.4 Å². The number of ether oxygens (including phenoxy) is 1. The average Bonchev–Trinajstić information content (AvgIpc) is 2.63. The molecule has 5 nitrogen and oxygen atoms in total. The first kappa shape index (κ1) is 12.6. The van der Waals surface area contributed by atoms with E-state index >= 15 is 0 Å². The van der Waals surface area contributed by atoms with E-state index < -0.39 is 6.04 Å². The predicted molar refractivity (Wildman–Crippen MR) is 67.3 cm³/mol. The maximum absolute atomic E-state index is 11.9. The summed E-state index contributed by atoms with van der Waals surface area (Å²) in [5, 5.41) is 5.74. The molecule has 0 fully saturated rings. The van der Waals surface area contributed by atoms with Gasteiger partial charge in [-0.05, 0) is 19.4 Å². The van der Waals surface area contributed by atoms with Crippen LogP contribution in [0.15, 0.2) is 12.1 Å². The number of hydrogen-bond acceptors (Lipinski definition) is 4. The average molecular weight is 248 g/mol. The van der Waals surface area contributed by atoms with E-state index in [4.69, 9.17) is 0 Å². The van der Waals surface area contributed by atoms with Crippen LogP contribution in [0, 0.1) is 13.8 Å². The molecule has 0 spiro atoms. The molecule has 1 aromatic rings. The van der Waals surface area contributed by atoms with Gasteiger partial charge >= 0.3 is 5.97 Å². The van der Waals surface area contributed by atoms with E-state index in [9.17, 15) is 9.59 Å². The Kier molecular flexibility index (Phi) is 3.34. The van der Waals surface area contributed by atoms with Crippen LogP contribution in [0.4, 0.5) is 5.69 Å². The Bertz CT molecular complexity index is 511. The highest BCUT2D eigenvalue weighted by Crippen LogP contribution is 2.34. The van der Waals surface area contributed by atoms with E-state index in [1.807, 2.05) is 26.0 Å². The van der Waals surface area contributed by atoms with Crippen LogP contribution < -0.4 is 10.6 Å². The Hall–Kier alpha value is -1.88. The Labute approximate surface area is 106 Å². The molecule has 0 radical (unpaired) electrons. The summed E-state index contributed by atoms with van der Waals surface area (Å²) in [6.07, 6.45) is 0. The molecule has 0 saturated heterocycles. The molecule has 1 heterocycles. The van der Waals surface area contributed by atoms with E-state index in [1.165, 1.54) is 7.11 Å².